The van der Waals surface area contributed by atoms with Crippen molar-refractivity contribution in [2.75, 3.05) is 0 Å². The second kappa shape index (κ2) is 4.07. The van der Waals surface area contributed by atoms with Gasteiger partial charge < -0.3 is 17.6 Å². The summed E-state index contributed by atoms with van der Waals surface area (Å²) in [5.74, 6) is -0.562. The maximum absolute atomic E-state index is 9.91. The summed E-state index contributed by atoms with van der Waals surface area (Å²) in [5, 5.41) is 0. The average molecular weight is 118 g/mol. The molecule has 0 bridgehead atoms. The van der Waals surface area contributed by atoms with Gasteiger partial charge in [0.1, 0.15) is 0 Å². The van der Waals surface area contributed by atoms with Gasteiger partial charge in [0, 0.05) is 6.92 Å². The number of hydrogen-bond acceptors (Lipinski definition) is 2. The molecule has 0 aromatic rings. The predicted octanol–water partition coefficient (Wildman–Crippen LogP) is -1.03. The minimum absolute atomic E-state index is 0. The minimum atomic E-state index is -0.375. The van der Waals surface area contributed by atoms with Gasteiger partial charge in [0.2, 0.25) is 5.91 Å². The molecule has 0 aliphatic heterocycles. The molecule has 0 aliphatic carbocycles. The number of rotatable bonds is 0. The van der Waals surface area contributed by atoms with Crippen molar-refractivity contribution in [2.24, 2.45) is 16.5 Å². The summed E-state index contributed by atoms with van der Waals surface area (Å²) in [6, 6.07) is 0. The van der Waals surface area contributed by atoms with Gasteiger partial charge in [-0.25, -0.2) is 0 Å². The van der Waals surface area contributed by atoms with Crippen LogP contribution in [0.2, 0.25) is 0 Å². The normalized spacial score (nSPS) is 6.62. The monoisotopic (exact) mass is 118 g/mol. The number of carbonyl (C=O) groups is 1. The minimum Gasteiger partial charge on any atom is -0.370 e. The zero-order valence-corrected chi connectivity index (χ0v) is 4.72. The van der Waals surface area contributed by atoms with E-state index in [1.54, 1.807) is 0 Å². The second-order valence-corrected chi connectivity index (χ2v) is 1.06. The Bertz CT molecular complexity index is 104. The molecule has 0 aromatic carbocycles. The van der Waals surface area contributed by atoms with Crippen LogP contribution in [0.3, 0.4) is 0 Å². The van der Waals surface area contributed by atoms with Crippen molar-refractivity contribution < 1.29 is 4.79 Å². The molecule has 0 radical (unpaired) electrons. The molecule has 0 saturated heterocycles. The maximum Gasteiger partial charge on any atom is 0.245 e. The molecular formula is C3H10N4O. The van der Waals surface area contributed by atoms with Gasteiger partial charge in [0.05, 0.1) is 0 Å². The van der Waals surface area contributed by atoms with E-state index in [9.17, 15) is 4.79 Å². The van der Waals surface area contributed by atoms with Crippen LogP contribution in [0.4, 0.5) is 0 Å². The smallest absolute Gasteiger partial charge is 0.245 e. The molecule has 8 heavy (non-hydrogen) atoms. The molecule has 0 unspecified atom stereocenters. The third-order valence-corrected chi connectivity index (χ3v) is 0.287. The van der Waals surface area contributed by atoms with E-state index < -0.39 is 0 Å². The number of hydrogen-bond donors (Lipinski definition) is 3. The lowest BCUT2D eigenvalue weighted by Crippen LogP contribution is -2.23. The van der Waals surface area contributed by atoms with Crippen LogP contribution in [0.5, 0.6) is 0 Å². The van der Waals surface area contributed by atoms with Crippen LogP contribution in [0, 0.1) is 0 Å². The molecular weight excluding hydrogens is 108 g/mol. The van der Waals surface area contributed by atoms with Crippen LogP contribution in [0.15, 0.2) is 4.99 Å². The standard InChI is InChI=1S/C3H7N3O.H3N/c1-2(7)6-3(4)5;/h1H3,(H4,4,5,6,7);1H3. The lowest BCUT2D eigenvalue weighted by atomic mass is 10.7. The summed E-state index contributed by atoms with van der Waals surface area (Å²) in [7, 11) is 0. The zero-order valence-electron chi connectivity index (χ0n) is 4.72. The van der Waals surface area contributed by atoms with E-state index in [0.717, 1.165) is 0 Å². The van der Waals surface area contributed by atoms with Crippen LogP contribution in [-0.4, -0.2) is 11.9 Å². The lowest BCUT2D eigenvalue weighted by Gasteiger charge is -1.81. The second-order valence-electron chi connectivity index (χ2n) is 1.06. The highest BCUT2D eigenvalue weighted by Crippen LogP contribution is 1.64. The molecule has 0 aromatic heterocycles. The molecule has 0 spiro atoms. The Hall–Kier alpha value is -1.10. The first kappa shape index (κ1) is 10.0. The van der Waals surface area contributed by atoms with Crippen molar-refractivity contribution in [2.45, 2.75) is 6.92 Å². The van der Waals surface area contributed by atoms with Crippen molar-refractivity contribution >= 4 is 11.9 Å². The highest BCUT2D eigenvalue weighted by atomic mass is 16.1. The van der Waals surface area contributed by atoms with Gasteiger partial charge in [0.25, 0.3) is 0 Å². The van der Waals surface area contributed by atoms with Crippen molar-refractivity contribution in [3.05, 3.63) is 0 Å². The molecule has 0 saturated carbocycles. The van der Waals surface area contributed by atoms with Gasteiger partial charge in [-0.1, -0.05) is 0 Å². The third kappa shape index (κ3) is 8.86. The molecule has 0 fully saturated rings. The maximum atomic E-state index is 9.91. The van der Waals surface area contributed by atoms with Crippen molar-refractivity contribution in [1.82, 2.24) is 6.15 Å². The van der Waals surface area contributed by atoms with Crippen molar-refractivity contribution in [1.29, 1.82) is 0 Å². The van der Waals surface area contributed by atoms with Gasteiger partial charge in [-0.15, -0.1) is 0 Å². The number of nitrogens with zero attached hydrogens (tertiary/aromatic N) is 1. The first-order chi connectivity index (χ1) is 3.13. The third-order valence-electron chi connectivity index (χ3n) is 0.287. The Kier molecular flexibility index (Phi) is 5.09. The molecule has 5 heteroatoms. The number of nitrogens with two attached hydrogens (primary N) is 2. The van der Waals surface area contributed by atoms with Crippen molar-refractivity contribution in [3.63, 3.8) is 0 Å². The number of carbonyl (C=O) groups excluding carboxylic acids is 1. The Labute approximate surface area is 47.3 Å². The summed E-state index contributed by atoms with van der Waals surface area (Å²) in [6.07, 6.45) is 0. The molecule has 1 amide bonds. The van der Waals surface area contributed by atoms with E-state index in [1.165, 1.54) is 6.92 Å². The van der Waals surface area contributed by atoms with E-state index in [4.69, 9.17) is 11.5 Å². The van der Waals surface area contributed by atoms with Crippen LogP contribution >= 0.6 is 0 Å². The molecule has 0 aliphatic rings. The first-order valence-electron chi connectivity index (χ1n) is 1.73. The van der Waals surface area contributed by atoms with Crippen molar-refractivity contribution in [3.8, 4) is 0 Å². The summed E-state index contributed by atoms with van der Waals surface area (Å²) >= 11 is 0. The van der Waals surface area contributed by atoms with E-state index >= 15 is 0 Å². The fourth-order valence-corrected chi connectivity index (χ4v) is 0.182. The highest BCUT2D eigenvalue weighted by Gasteiger charge is 1.82. The summed E-state index contributed by atoms with van der Waals surface area (Å²) in [5.41, 5.74) is 9.60. The highest BCUT2D eigenvalue weighted by molar-refractivity contribution is 5.90. The van der Waals surface area contributed by atoms with E-state index in [-0.39, 0.29) is 18.0 Å². The van der Waals surface area contributed by atoms with Gasteiger partial charge in [0.15, 0.2) is 5.96 Å². The first-order valence-corrected chi connectivity index (χ1v) is 1.73. The zero-order chi connectivity index (χ0) is 5.86. The molecule has 0 rings (SSSR count). The van der Waals surface area contributed by atoms with Crippen LogP contribution in [-0.2, 0) is 4.79 Å². The molecule has 48 valence electrons. The van der Waals surface area contributed by atoms with E-state index in [0.29, 0.717) is 0 Å². The van der Waals surface area contributed by atoms with Crippen LogP contribution < -0.4 is 17.6 Å². The molecule has 7 N–H and O–H groups in total. The Morgan fingerprint density at radius 1 is 1.50 bits per heavy atom. The molecule has 0 heterocycles. The quantitative estimate of drug-likeness (QED) is 0.278. The Morgan fingerprint density at radius 3 is 1.88 bits per heavy atom. The summed E-state index contributed by atoms with van der Waals surface area (Å²) in [6.45, 7) is 1.28. The Morgan fingerprint density at radius 2 is 1.88 bits per heavy atom. The largest absolute Gasteiger partial charge is 0.370 e. The fourth-order valence-electron chi connectivity index (χ4n) is 0.182. The number of amides is 1. The fraction of sp³-hybridized carbons (Fsp3) is 0.333. The van der Waals surface area contributed by atoms with Crippen LogP contribution in [0.25, 0.3) is 0 Å². The summed E-state index contributed by atoms with van der Waals surface area (Å²) < 4.78 is 0. The number of guanidine groups is 1. The van der Waals surface area contributed by atoms with Gasteiger partial charge >= 0.3 is 0 Å². The lowest BCUT2D eigenvalue weighted by molar-refractivity contribution is -0.115. The summed E-state index contributed by atoms with van der Waals surface area (Å²) in [4.78, 5) is 13.0. The topological polar surface area (TPSA) is 116 Å². The molecule has 5 nitrogen and oxygen atoms in total. The SMILES string of the molecule is CC(=O)N=C(N)N.N. The average Bonchev–Trinajstić information content (AvgIpc) is 1.27. The van der Waals surface area contributed by atoms with Gasteiger partial charge in [-0.3, -0.25) is 4.79 Å². The van der Waals surface area contributed by atoms with Gasteiger partial charge in [-0.05, 0) is 0 Å². The molecule has 0 atom stereocenters. The Balaban J connectivity index is 0. The predicted molar refractivity (Wildman–Crippen MR) is 31.5 cm³/mol. The van der Waals surface area contributed by atoms with Gasteiger partial charge in [-0.2, -0.15) is 4.99 Å². The van der Waals surface area contributed by atoms with Crippen LogP contribution in [0.1, 0.15) is 6.92 Å². The number of aliphatic imine (C=N–C) groups is 1. The van der Waals surface area contributed by atoms with E-state index in [1.807, 2.05) is 0 Å². The van der Waals surface area contributed by atoms with E-state index in [2.05, 4.69) is 4.99 Å².